The van der Waals surface area contributed by atoms with Gasteiger partial charge in [-0.25, -0.2) is 12.7 Å². The van der Waals surface area contributed by atoms with Crippen molar-refractivity contribution in [3.05, 3.63) is 0 Å². The highest BCUT2D eigenvalue weighted by atomic mass is 32.2. The quantitative estimate of drug-likeness (QED) is 0.419. The third-order valence-electron chi connectivity index (χ3n) is 5.14. The summed E-state index contributed by atoms with van der Waals surface area (Å²) in [5.41, 5.74) is 0. The SMILES string of the molecule is CCOC(=O)C1CCCN(C(=NC)NCC2CCN(S(C)(=O)=O)CC2)C1. The third-order valence-corrected chi connectivity index (χ3v) is 6.45. The number of aliphatic imine (C=N–C) groups is 1. The number of nitrogens with one attached hydrogen (secondary N) is 1. The van der Waals surface area contributed by atoms with Crippen LogP contribution in [0.3, 0.4) is 0 Å². The van der Waals surface area contributed by atoms with Crippen molar-refractivity contribution in [3.63, 3.8) is 0 Å². The van der Waals surface area contributed by atoms with Crippen LogP contribution in [0.5, 0.6) is 0 Å². The molecule has 2 aliphatic heterocycles. The summed E-state index contributed by atoms with van der Waals surface area (Å²) in [4.78, 5) is 18.5. The number of sulfonamides is 1. The molecule has 0 aromatic heterocycles. The van der Waals surface area contributed by atoms with Gasteiger partial charge in [0.05, 0.1) is 18.8 Å². The molecule has 2 heterocycles. The van der Waals surface area contributed by atoms with Gasteiger partial charge in [0.1, 0.15) is 0 Å². The lowest BCUT2D eigenvalue weighted by Gasteiger charge is -2.35. The van der Waals surface area contributed by atoms with E-state index in [1.54, 1.807) is 11.4 Å². The normalized spacial score (nSPS) is 23.7. The molecule has 0 saturated carbocycles. The van der Waals surface area contributed by atoms with E-state index in [0.717, 1.165) is 44.7 Å². The van der Waals surface area contributed by atoms with Gasteiger partial charge in [0.15, 0.2) is 5.96 Å². The van der Waals surface area contributed by atoms with Gasteiger partial charge in [-0.05, 0) is 38.5 Å². The molecule has 0 spiro atoms. The van der Waals surface area contributed by atoms with E-state index in [-0.39, 0.29) is 11.9 Å². The highest BCUT2D eigenvalue weighted by molar-refractivity contribution is 7.88. The van der Waals surface area contributed by atoms with Gasteiger partial charge >= 0.3 is 5.97 Å². The second kappa shape index (κ2) is 9.55. The molecule has 2 aliphatic rings. The molecule has 2 fully saturated rings. The fourth-order valence-electron chi connectivity index (χ4n) is 3.63. The van der Waals surface area contributed by atoms with Crippen LogP contribution in [0.4, 0.5) is 0 Å². The first-order valence-electron chi connectivity index (χ1n) is 9.42. The Balaban J connectivity index is 1.82. The minimum atomic E-state index is -3.08. The number of hydrogen-bond acceptors (Lipinski definition) is 5. The van der Waals surface area contributed by atoms with E-state index >= 15 is 0 Å². The maximum absolute atomic E-state index is 12.0. The molecule has 26 heavy (non-hydrogen) atoms. The van der Waals surface area contributed by atoms with Crippen molar-refractivity contribution in [3.8, 4) is 0 Å². The first-order chi connectivity index (χ1) is 12.3. The summed E-state index contributed by atoms with van der Waals surface area (Å²) in [5, 5.41) is 3.41. The van der Waals surface area contributed by atoms with Gasteiger partial charge in [-0.15, -0.1) is 0 Å². The molecule has 0 aromatic carbocycles. The molecule has 0 aromatic rings. The lowest BCUT2D eigenvalue weighted by atomic mass is 9.97. The smallest absolute Gasteiger partial charge is 0.310 e. The molecule has 0 amide bonds. The van der Waals surface area contributed by atoms with Crippen molar-refractivity contribution >= 4 is 22.0 Å². The molecule has 2 rings (SSSR count). The van der Waals surface area contributed by atoms with Crippen LogP contribution in [0.15, 0.2) is 4.99 Å². The van der Waals surface area contributed by atoms with E-state index in [1.807, 2.05) is 6.92 Å². The van der Waals surface area contributed by atoms with Gasteiger partial charge in [0.25, 0.3) is 0 Å². The lowest BCUT2D eigenvalue weighted by Crippen LogP contribution is -2.50. The number of nitrogens with zero attached hydrogens (tertiary/aromatic N) is 3. The number of rotatable bonds is 5. The fraction of sp³-hybridized carbons (Fsp3) is 0.882. The van der Waals surface area contributed by atoms with Crippen molar-refractivity contribution in [2.24, 2.45) is 16.8 Å². The minimum Gasteiger partial charge on any atom is -0.466 e. The third kappa shape index (κ3) is 5.84. The molecule has 0 radical (unpaired) electrons. The van der Waals surface area contributed by atoms with Crippen LogP contribution in [-0.2, 0) is 19.6 Å². The highest BCUT2D eigenvalue weighted by Crippen LogP contribution is 2.20. The standard InChI is InChI=1S/C17H32N4O4S/c1-4-25-16(22)15-6-5-9-20(13-15)17(18-2)19-12-14-7-10-21(11-8-14)26(3,23)24/h14-15H,4-13H2,1-3H3,(H,18,19). The van der Waals surface area contributed by atoms with Gasteiger partial charge in [-0.3, -0.25) is 9.79 Å². The summed E-state index contributed by atoms with van der Waals surface area (Å²) in [6.07, 6.45) is 4.77. The number of esters is 1. The van der Waals surface area contributed by atoms with Crippen LogP contribution in [0, 0.1) is 11.8 Å². The number of hydrogen-bond donors (Lipinski definition) is 1. The summed E-state index contributed by atoms with van der Waals surface area (Å²) in [5.74, 6) is 1.01. The number of likely N-dealkylation sites (tertiary alicyclic amines) is 1. The predicted molar refractivity (Wildman–Crippen MR) is 101 cm³/mol. The molecule has 1 atom stereocenters. The number of ether oxygens (including phenoxy) is 1. The molecule has 150 valence electrons. The largest absolute Gasteiger partial charge is 0.466 e. The monoisotopic (exact) mass is 388 g/mol. The van der Waals surface area contributed by atoms with E-state index in [1.165, 1.54) is 6.26 Å². The van der Waals surface area contributed by atoms with Crippen molar-refractivity contribution in [1.29, 1.82) is 0 Å². The Labute approximate surface area is 157 Å². The topological polar surface area (TPSA) is 91.3 Å². The average molecular weight is 389 g/mol. The van der Waals surface area contributed by atoms with Gasteiger partial charge in [-0.1, -0.05) is 0 Å². The van der Waals surface area contributed by atoms with E-state index in [2.05, 4.69) is 15.2 Å². The number of carbonyl (C=O) groups is 1. The Morgan fingerprint density at radius 3 is 2.50 bits per heavy atom. The minimum absolute atomic E-state index is 0.0970. The molecular formula is C17H32N4O4S. The number of guanidine groups is 1. The Hall–Kier alpha value is -1.35. The van der Waals surface area contributed by atoms with Gasteiger partial charge < -0.3 is 15.0 Å². The Morgan fingerprint density at radius 1 is 1.23 bits per heavy atom. The van der Waals surface area contributed by atoms with Crippen molar-refractivity contribution in [2.45, 2.75) is 32.6 Å². The molecule has 0 aliphatic carbocycles. The van der Waals surface area contributed by atoms with E-state index in [9.17, 15) is 13.2 Å². The van der Waals surface area contributed by atoms with Gasteiger partial charge in [-0.2, -0.15) is 0 Å². The molecule has 1 unspecified atom stereocenters. The molecule has 9 heteroatoms. The second-order valence-electron chi connectivity index (χ2n) is 7.07. The van der Waals surface area contributed by atoms with Crippen LogP contribution < -0.4 is 5.32 Å². The Kier molecular flexibility index (Phi) is 7.69. The van der Waals surface area contributed by atoms with Crippen LogP contribution in [0.2, 0.25) is 0 Å². The van der Waals surface area contributed by atoms with Crippen molar-refractivity contribution in [2.75, 3.05) is 52.6 Å². The summed E-state index contributed by atoms with van der Waals surface area (Å²) < 4.78 is 29.9. The molecule has 2 saturated heterocycles. The first kappa shape index (κ1) is 21.0. The predicted octanol–water partition coefficient (Wildman–Crippen LogP) is 0.509. The van der Waals surface area contributed by atoms with Crippen LogP contribution in [0.1, 0.15) is 32.6 Å². The Bertz CT molecular complexity index is 600. The summed E-state index contributed by atoms with van der Waals surface area (Å²) >= 11 is 0. The van der Waals surface area contributed by atoms with Gasteiger partial charge in [0.2, 0.25) is 10.0 Å². The van der Waals surface area contributed by atoms with Crippen molar-refractivity contribution < 1.29 is 17.9 Å². The van der Waals surface area contributed by atoms with Crippen LogP contribution >= 0.6 is 0 Å². The number of piperidine rings is 2. The molecule has 1 N–H and O–H groups in total. The fourth-order valence-corrected chi connectivity index (χ4v) is 4.51. The summed E-state index contributed by atoms with van der Waals surface area (Å²) in [6, 6.07) is 0. The lowest BCUT2D eigenvalue weighted by molar-refractivity contribution is -0.149. The summed E-state index contributed by atoms with van der Waals surface area (Å²) in [6.45, 7) is 5.68. The number of carbonyl (C=O) groups excluding carboxylic acids is 1. The van der Waals surface area contributed by atoms with E-state index < -0.39 is 10.0 Å². The van der Waals surface area contributed by atoms with E-state index in [0.29, 0.717) is 32.2 Å². The first-order valence-corrected chi connectivity index (χ1v) is 11.3. The average Bonchev–Trinajstić information content (AvgIpc) is 2.62. The maximum atomic E-state index is 12.0. The molecule has 8 nitrogen and oxygen atoms in total. The Morgan fingerprint density at radius 2 is 1.92 bits per heavy atom. The molecule has 0 bridgehead atoms. The summed E-state index contributed by atoms with van der Waals surface area (Å²) in [7, 11) is -1.33. The maximum Gasteiger partial charge on any atom is 0.310 e. The highest BCUT2D eigenvalue weighted by Gasteiger charge is 2.29. The zero-order chi connectivity index (χ0) is 19.2. The van der Waals surface area contributed by atoms with Crippen molar-refractivity contribution in [1.82, 2.24) is 14.5 Å². The zero-order valence-corrected chi connectivity index (χ0v) is 16.9. The van der Waals surface area contributed by atoms with Gasteiger partial charge in [0, 0.05) is 39.8 Å². The molecular weight excluding hydrogens is 356 g/mol. The second-order valence-corrected chi connectivity index (χ2v) is 9.05. The van der Waals surface area contributed by atoms with Crippen LogP contribution in [0.25, 0.3) is 0 Å². The zero-order valence-electron chi connectivity index (χ0n) is 16.1. The van der Waals surface area contributed by atoms with E-state index in [4.69, 9.17) is 4.74 Å². The van der Waals surface area contributed by atoms with Crippen LogP contribution in [-0.4, -0.2) is 82.2 Å².